The molecule has 2 aliphatic rings. The number of ether oxygens (including phenoxy) is 1. The van der Waals surface area contributed by atoms with Crippen LogP contribution < -0.4 is 9.64 Å². The lowest BCUT2D eigenvalue weighted by atomic mass is 10.1. The Kier molecular flexibility index (Phi) is 5.08. The van der Waals surface area contributed by atoms with Gasteiger partial charge < -0.3 is 14.5 Å². The number of anilines is 1. The number of pyridine rings is 2. The Hall–Kier alpha value is -2.64. The third-order valence-corrected chi connectivity index (χ3v) is 6.45. The highest BCUT2D eigenvalue weighted by Crippen LogP contribution is 2.34. The molecule has 5 rings (SSSR count). The molecule has 1 saturated heterocycles. The monoisotopic (exact) mass is 406 g/mol. The molecule has 158 valence electrons. The SMILES string of the molecule is CN(C)C1CCN(c2cccc3nc(CN(C)[C@H]4CCOc5cccnc54)cn23)C1. The smallest absolute Gasteiger partial charge is 0.142 e. The molecule has 1 fully saturated rings. The van der Waals surface area contributed by atoms with Gasteiger partial charge in [0.05, 0.1) is 24.0 Å². The van der Waals surface area contributed by atoms with E-state index in [2.05, 4.69) is 69.6 Å². The molecular weight excluding hydrogens is 376 g/mol. The van der Waals surface area contributed by atoms with Crippen molar-refractivity contribution >= 4 is 11.5 Å². The van der Waals surface area contributed by atoms with Gasteiger partial charge in [-0.15, -0.1) is 0 Å². The van der Waals surface area contributed by atoms with Crippen LogP contribution in [0, 0.1) is 0 Å². The molecule has 7 nitrogen and oxygen atoms in total. The first kappa shape index (κ1) is 19.3. The van der Waals surface area contributed by atoms with Crippen LogP contribution in [0.1, 0.15) is 30.3 Å². The normalized spacial score (nSPS) is 21.4. The highest BCUT2D eigenvalue weighted by atomic mass is 16.5. The number of nitrogens with zero attached hydrogens (tertiary/aromatic N) is 6. The van der Waals surface area contributed by atoms with E-state index in [0.717, 1.165) is 55.4 Å². The van der Waals surface area contributed by atoms with Crippen molar-refractivity contribution in [2.45, 2.75) is 31.5 Å². The largest absolute Gasteiger partial charge is 0.492 e. The number of likely N-dealkylation sites (N-methyl/N-ethyl adjacent to an activating group) is 1. The Balaban J connectivity index is 1.38. The van der Waals surface area contributed by atoms with Crippen molar-refractivity contribution in [2.75, 3.05) is 45.7 Å². The Morgan fingerprint density at radius 2 is 2.03 bits per heavy atom. The van der Waals surface area contributed by atoms with Gasteiger partial charge in [-0.25, -0.2) is 4.98 Å². The fourth-order valence-electron chi connectivity index (χ4n) is 4.74. The fraction of sp³-hybridized carbons (Fsp3) is 0.478. The van der Waals surface area contributed by atoms with E-state index >= 15 is 0 Å². The molecule has 2 atom stereocenters. The van der Waals surface area contributed by atoms with Gasteiger partial charge in [-0.05, 0) is 51.8 Å². The van der Waals surface area contributed by atoms with Gasteiger partial charge in [0.25, 0.3) is 0 Å². The van der Waals surface area contributed by atoms with Crippen molar-refractivity contribution in [3.05, 3.63) is 54.1 Å². The summed E-state index contributed by atoms with van der Waals surface area (Å²) in [6, 6.07) is 11.2. The molecule has 3 aromatic rings. The molecule has 1 unspecified atom stereocenters. The van der Waals surface area contributed by atoms with E-state index < -0.39 is 0 Å². The predicted molar refractivity (Wildman–Crippen MR) is 118 cm³/mol. The number of rotatable bonds is 5. The number of hydrogen-bond donors (Lipinski definition) is 0. The number of aromatic nitrogens is 3. The summed E-state index contributed by atoms with van der Waals surface area (Å²) in [6.45, 7) is 3.65. The van der Waals surface area contributed by atoms with Crippen molar-refractivity contribution in [3.63, 3.8) is 0 Å². The molecule has 2 aliphatic heterocycles. The quantitative estimate of drug-likeness (QED) is 0.649. The van der Waals surface area contributed by atoms with Crippen molar-refractivity contribution in [3.8, 4) is 5.75 Å². The maximum absolute atomic E-state index is 5.78. The van der Waals surface area contributed by atoms with E-state index in [0.29, 0.717) is 6.04 Å². The van der Waals surface area contributed by atoms with Crippen LogP contribution in [0.15, 0.2) is 42.7 Å². The third kappa shape index (κ3) is 3.52. The van der Waals surface area contributed by atoms with Crippen molar-refractivity contribution in [1.29, 1.82) is 0 Å². The molecular formula is C23H30N6O. The second-order valence-electron chi connectivity index (χ2n) is 8.65. The zero-order valence-corrected chi connectivity index (χ0v) is 18.0. The minimum Gasteiger partial charge on any atom is -0.492 e. The van der Waals surface area contributed by atoms with Crippen LogP contribution in [0.4, 0.5) is 5.82 Å². The van der Waals surface area contributed by atoms with Crippen LogP contribution in [0.2, 0.25) is 0 Å². The average molecular weight is 407 g/mol. The number of hydrogen-bond acceptors (Lipinski definition) is 6. The Morgan fingerprint density at radius 3 is 2.87 bits per heavy atom. The van der Waals surface area contributed by atoms with Gasteiger partial charge in [-0.3, -0.25) is 14.3 Å². The molecule has 0 N–H and O–H groups in total. The summed E-state index contributed by atoms with van der Waals surface area (Å²) in [5, 5.41) is 0. The summed E-state index contributed by atoms with van der Waals surface area (Å²) >= 11 is 0. The molecule has 0 spiro atoms. The third-order valence-electron chi connectivity index (χ3n) is 6.45. The van der Waals surface area contributed by atoms with Gasteiger partial charge in [-0.2, -0.15) is 0 Å². The first-order valence-corrected chi connectivity index (χ1v) is 10.8. The molecule has 0 amide bonds. The van der Waals surface area contributed by atoms with Gasteiger partial charge in [0, 0.05) is 44.5 Å². The van der Waals surface area contributed by atoms with Gasteiger partial charge in [-0.1, -0.05) is 6.07 Å². The number of fused-ring (bicyclic) bond motifs is 2. The molecule has 0 aliphatic carbocycles. The molecule has 30 heavy (non-hydrogen) atoms. The van der Waals surface area contributed by atoms with Crippen LogP contribution in [0.25, 0.3) is 5.65 Å². The van der Waals surface area contributed by atoms with Gasteiger partial charge >= 0.3 is 0 Å². The van der Waals surface area contributed by atoms with Crippen molar-refractivity contribution in [1.82, 2.24) is 24.2 Å². The summed E-state index contributed by atoms with van der Waals surface area (Å²) < 4.78 is 8.03. The van der Waals surface area contributed by atoms with E-state index in [-0.39, 0.29) is 6.04 Å². The Labute approximate surface area is 177 Å². The lowest BCUT2D eigenvalue weighted by Crippen LogP contribution is -2.32. The first-order chi connectivity index (χ1) is 14.6. The van der Waals surface area contributed by atoms with Gasteiger partial charge in [0.15, 0.2) is 0 Å². The summed E-state index contributed by atoms with van der Waals surface area (Å²) in [7, 11) is 6.49. The van der Waals surface area contributed by atoms with Crippen LogP contribution in [-0.2, 0) is 6.54 Å². The maximum atomic E-state index is 5.78. The van der Waals surface area contributed by atoms with Crippen LogP contribution >= 0.6 is 0 Å². The molecule has 0 aromatic carbocycles. The van der Waals surface area contributed by atoms with Crippen molar-refractivity contribution in [2.24, 2.45) is 0 Å². The molecule has 0 radical (unpaired) electrons. The fourth-order valence-corrected chi connectivity index (χ4v) is 4.74. The minimum absolute atomic E-state index is 0.249. The zero-order chi connectivity index (χ0) is 20.7. The molecule has 5 heterocycles. The van der Waals surface area contributed by atoms with Gasteiger partial charge in [0.2, 0.25) is 0 Å². The van der Waals surface area contributed by atoms with E-state index in [4.69, 9.17) is 9.72 Å². The molecule has 0 saturated carbocycles. The van der Waals surface area contributed by atoms with Crippen molar-refractivity contribution < 1.29 is 4.74 Å². The van der Waals surface area contributed by atoms with E-state index in [1.807, 2.05) is 18.3 Å². The second kappa shape index (κ2) is 7.89. The summed E-state index contributed by atoms with van der Waals surface area (Å²) in [5.41, 5.74) is 3.12. The highest BCUT2D eigenvalue weighted by molar-refractivity contribution is 5.53. The van der Waals surface area contributed by atoms with Crippen LogP contribution in [-0.4, -0.2) is 71.0 Å². The topological polar surface area (TPSA) is 49.1 Å². The van der Waals surface area contributed by atoms with E-state index in [1.54, 1.807) is 0 Å². The van der Waals surface area contributed by atoms with Gasteiger partial charge in [0.1, 0.15) is 17.2 Å². The molecule has 0 bridgehead atoms. The lowest BCUT2D eigenvalue weighted by molar-refractivity contribution is 0.155. The second-order valence-corrected chi connectivity index (χ2v) is 8.65. The maximum Gasteiger partial charge on any atom is 0.142 e. The summed E-state index contributed by atoms with van der Waals surface area (Å²) in [4.78, 5) is 16.7. The van der Waals surface area contributed by atoms with Crippen LogP contribution in [0.3, 0.4) is 0 Å². The molecule has 3 aromatic heterocycles. The highest BCUT2D eigenvalue weighted by Gasteiger charge is 2.28. The molecule has 7 heteroatoms. The standard InChI is InChI=1S/C23H30N6O/c1-26(2)18-9-12-28(16-18)22-8-4-7-21-25-17(15-29(21)22)14-27(3)19-10-13-30-20-6-5-11-24-23(19)20/h4-8,11,15,18-19H,9-10,12-14,16H2,1-3H3/t18?,19-/m0/s1. The summed E-state index contributed by atoms with van der Waals surface area (Å²) in [6.07, 6.45) is 6.19. The van der Waals surface area contributed by atoms with E-state index in [1.165, 1.54) is 12.2 Å². The minimum atomic E-state index is 0.249. The zero-order valence-electron chi connectivity index (χ0n) is 18.0. The number of imidazole rings is 1. The average Bonchev–Trinajstić information content (AvgIpc) is 3.40. The predicted octanol–water partition coefficient (Wildman–Crippen LogP) is 2.83. The summed E-state index contributed by atoms with van der Waals surface area (Å²) in [5.74, 6) is 2.14. The Morgan fingerprint density at radius 1 is 1.13 bits per heavy atom. The first-order valence-electron chi connectivity index (χ1n) is 10.8. The van der Waals surface area contributed by atoms with E-state index in [9.17, 15) is 0 Å². The Bertz CT molecular complexity index is 1030. The van der Waals surface area contributed by atoms with Crippen LogP contribution in [0.5, 0.6) is 5.75 Å². The lowest BCUT2D eigenvalue weighted by Gasteiger charge is -2.31.